The zero-order valence-corrected chi connectivity index (χ0v) is 17.0. The summed E-state index contributed by atoms with van der Waals surface area (Å²) in [5.41, 5.74) is 2.18. The topological polar surface area (TPSA) is 73.9 Å². The Bertz CT molecular complexity index is 845. The normalized spacial score (nSPS) is 10.5. The molecule has 6 heteroatoms. The molecule has 6 nitrogen and oxygen atoms in total. The van der Waals surface area contributed by atoms with Crippen LogP contribution < -0.4 is 14.8 Å². The van der Waals surface area contributed by atoms with Crippen LogP contribution in [0.5, 0.6) is 11.5 Å². The fourth-order valence-corrected chi connectivity index (χ4v) is 2.53. The summed E-state index contributed by atoms with van der Waals surface area (Å²) in [7, 11) is 2.85. The lowest BCUT2D eigenvalue weighted by Gasteiger charge is -2.14. The largest absolute Gasteiger partial charge is 0.493 e. The molecule has 0 aliphatic carbocycles. The van der Waals surface area contributed by atoms with E-state index in [2.05, 4.69) is 19.2 Å². The van der Waals surface area contributed by atoms with E-state index in [1.807, 2.05) is 6.92 Å². The van der Waals surface area contributed by atoms with E-state index in [1.54, 1.807) is 36.4 Å². The number of hydrogen-bond acceptors (Lipinski definition) is 5. The molecule has 0 aliphatic heterocycles. The van der Waals surface area contributed by atoms with E-state index in [4.69, 9.17) is 14.2 Å². The highest BCUT2D eigenvalue weighted by molar-refractivity contribution is 6.05. The van der Waals surface area contributed by atoms with Crippen LogP contribution in [0.15, 0.2) is 36.4 Å². The number of carbonyl (C=O) groups is 2. The van der Waals surface area contributed by atoms with Gasteiger partial charge in [-0.05, 0) is 55.2 Å². The molecule has 1 N–H and O–H groups in total. The summed E-state index contributed by atoms with van der Waals surface area (Å²) in [5.74, 6) is 0.872. The van der Waals surface area contributed by atoms with E-state index >= 15 is 0 Å². The molecular weight excluding hydrogens is 358 g/mol. The van der Waals surface area contributed by atoms with Crippen LogP contribution in [0, 0.1) is 12.8 Å². The van der Waals surface area contributed by atoms with Crippen LogP contribution in [-0.2, 0) is 4.74 Å². The molecule has 0 radical (unpaired) electrons. The lowest BCUT2D eigenvalue weighted by Crippen LogP contribution is -2.14. The third-order valence-electron chi connectivity index (χ3n) is 4.29. The summed E-state index contributed by atoms with van der Waals surface area (Å²) < 4.78 is 15.9. The van der Waals surface area contributed by atoms with Gasteiger partial charge in [0.05, 0.1) is 26.4 Å². The maximum absolute atomic E-state index is 12.7. The molecule has 0 heterocycles. The van der Waals surface area contributed by atoms with Gasteiger partial charge in [0.25, 0.3) is 5.91 Å². The number of ether oxygens (including phenoxy) is 3. The van der Waals surface area contributed by atoms with Crippen molar-refractivity contribution >= 4 is 17.6 Å². The van der Waals surface area contributed by atoms with Crippen molar-refractivity contribution in [2.45, 2.75) is 27.2 Å². The van der Waals surface area contributed by atoms with Crippen molar-refractivity contribution in [1.29, 1.82) is 0 Å². The van der Waals surface area contributed by atoms with Gasteiger partial charge in [0, 0.05) is 11.3 Å². The zero-order chi connectivity index (χ0) is 20.7. The Morgan fingerprint density at radius 1 is 1.00 bits per heavy atom. The van der Waals surface area contributed by atoms with Crippen molar-refractivity contribution in [2.75, 3.05) is 26.1 Å². The van der Waals surface area contributed by atoms with E-state index in [9.17, 15) is 9.59 Å². The predicted octanol–water partition coefficient (Wildman–Crippen LogP) is 4.47. The molecule has 0 spiro atoms. The van der Waals surface area contributed by atoms with Crippen LogP contribution in [0.2, 0.25) is 0 Å². The molecule has 0 unspecified atom stereocenters. The van der Waals surface area contributed by atoms with Gasteiger partial charge in [-0.25, -0.2) is 4.79 Å². The van der Waals surface area contributed by atoms with E-state index in [1.165, 1.54) is 14.2 Å². The van der Waals surface area contributed by atoms with Crippen LogP contribution in [0.3, 0.4) is 0 Å². The Morgan fingerprint density at radius 2 is 1.71 bits per heavy atom. The van der Waals surface area contributed by atoms with E-state index in [0.29, 0.717) is 40.8 Å². The van der Waals surface area contributed by atoms with E-state index in [0.717, 1.165) is 12.0 Å². The minimum absolute atomic E-state index is 0.308. The number of hydrogen-bond donors (Lipinski definition) is 1. The van der Waals surface area contributed by atoms with Crippen LogP contribution in [0.4, 0.5) is 5.69 Å². The molecule has 2 aromatic rings. The van der Waals surface area contributed by atoms with Gasteiger partial charge in [-0.15, -0.1) is 0 Å². The Hall–Kier alpha value is -3.02. The number of amides is 1. The lowest BCUT2D eigenvalue weighted by molar-refractivity contribution is 0.0600. The highest BCUT2D eigenvalue weighted by Crippen LogP contribution is 2.29. The Labute approximate surface area is 165 Å². The molecule has 0 bridgehead atoms. The number of carbonyl (C=O) groups excluding carboxylic acids is 2. The van der Waals surface area contributed by atoms with Gasteiger partial charge in [-0.3, -0.25) is 4.79 Å². The van der Waals surface area contributed by atoms with Crippen molar-refractivity contribution in [1.82, 2.24) is 0 Å². The van der Waals surface area contributed by atoms with Gasteiger partial charge >= 0.3 is 5.97 Å². The molecule has 0 atom stereocenters. The molecule has 0 saturated heterocycles. The van der Waals surface area contributed by atoms with Crippen molar-refractivity contribution in [3.05, 3.63) is 53.1 Å². The number of aryl methyl sites for hydroxylation is 1. The first-order valence-corrected chi connectivity index (χ1v) is 9.16. The van der Waals surface area contributed by atoms with Gasteiger partial charge in [-0.1, -0.05) is 19.9 Å². The van der Waals surface area contributed by atoms with Crippen molar-refractivity contribution in [3.63, 3.8) is 0 Å². The Kier molecular flexibility index (Phi) is 7.44. The summed E-state index contributed by atoms with van der Waals surface area (Å²) in [6.07, 6.45) is 0.932. The monoisotopic (exact) mass is 385 g/mol. The molecule has 2 rings (SSSR count). The van der Waals surface area contributed by atoms with Crippen molar-refractivity contribution in [3.8, 4) is 11.5 Å². The number of esters is 1. The van der Waals surface area contributed by atoms with Crippen LogP contribution in [0.1, 0.15) is 46.5 Å². The maximum atomic E-state index is 12.7. The van der Waals surface area contributed by atoms with Gasteiger partial charge in [0.2, 0.25) is 0 Å². The SMILES string of the molecule is COC(=O)c1ccc(C)c(NC(=O)c2ccc(OCCC(C)C)c(OC)c2)c1. The molecular formula is C22H27NO5. The molecule has 2 aromatic carbocycles. The standard InChI is InChI=1S/C22H27NO5/c1-14(2)10-11-28-19-9-8-16(13-20(19)26-4)21(24)23-18-12-17(22(25)27-5)7-6-15(18)3/h6-9,12-14H,10-11H2,1-5H3,(H,23,24). The van der Waals surface area contributed by atoms with Crippen LogP contribution >= 0.6 is 0 Å². The number of nitrogens with one attached hydrogen (secondary N) is 1. The van der Waals surface area contributed by atoms with Crippen molar-refractivity contribution < 1.29 is 23.8 Å². The second-order valence-corrected chi connectivity index (χ2v) is 6.87. The fraction of sp³-hybridized carbons (Fsp3) is 0.364. The maximum Gasteiger partial charge on any atom is 0.337 e. The van der Waals surface area contributed by atoms with E-state index in [-0.39, 0.29) is 5.91 Å². The van der Waals surface area contributed by atoms with E-state index < -0.39 is 5.97 Å². The number of anilines is 1. The van der Waals surface area contributed by atoms with Gasteiger partial charge < -0.3 is 19.5 Å². The average Bonchev–Trinajstić information content (AvgIpc) is 2.68. The van der Waals surface area contributed by atoms with Gasteiger partial charge in [-0.2, -0.15) is 0 Å². The van der Waals surface area contributed by atoms with Crippen LogP contribution in [-0.4, -0.2) is 32.7 Å². The minimum Gasteiger partial charge on any atom is -0.493 e. The lowest BCUT2D eigenvalue weighted by atomic mass is 10.1. The molecule has 1 amide bonds. The Morgan fingerprint density at radius 3 is 2.36 bits per heavy atom. The fourth-order valence-electron chi connectivity index (χ4n) is 2.53. The second-order valence-electron chi connectivity index (χ2n) is 6.87. The number of methoxy groups -OCH3 is 2. The first-order valence-electron chi connectivity index (χ1n) is 9.16. The molecule has 0 fully saturated rings. The summed E-state index contributed by atoms with van der Waals surface area (Å²) in [4.78, 5) is 24.4. The average molecular weight is 385 g/mol. The minimum atomic E-state index is -0.458. The smallest absolute Gasteiger partial charge is 0.337 e. The summed E-state index contributed by atoms with van der Waals surface area (Å²) in [6, 6.07) is 10.1. The molecule has 0 aromatic heterocycles. The van der Waals surface area contributed by atoms with Gasteiger partial charge in [0.1, 0.15) is 0 Å². The first-order chi connectivity index (χ1) is 13.3. The number of benzene rings is 2. The summed E-state index contributed by atoms with van der Waals surface area (Å²) in [5, 5.41) is 2.83. The zero-order valence-electron chi connectivity index (χ0n) is 17.0. The highest BCUT2D eigenvalue weighted by atomic mass is 16.5. The first kappa shape index (κ1) is 21.3. The molecule has 150 valence electrons. The predicted molar refractivity (Wildman–Crippen MR) is 108 cm³/mol. The van der Waals surface area contributed by atoms with Gasteiger partial charge in [0.15, 0.2) is 11.5 Å². The molecule has 0 saturated carbocycles. The van der Waals surface area contributed by atoms with Crippen molar-refractivity contribution in [2.24, 2.45) is 5.92 Å². The molecule has 0 aliphatic rings. The molecule has 28 heavy (non-hydrogen) atoms. The Balaban J connectivity index is 2.17. The highest BCUT2D eigenvalue weighted by Gasteiger charge is 2.14. The summed E-state index contributed by atoms with van der Waals surface area (Å²) in [6.45, 7) is 6.69. The quantitative estimate of drug-likeness (QED) is 0.679. The number of rotatable bonds is 8. The van der Waals surface area contributed by atoms with Crippen LogP contribution in [0.25, 0.3) is 0 Å². The second kappa shape index (κ2) is 9.78. The summed E-state index contributed by atoms with van der Waals surface area (Å²) >= 11 is 0. The third kappa shape index (κ3) is 5.49. The third-order valence-corrected chi connectivity index (χ3v) is 4.29.